The van der Waals surface area contributed by atoms with Gasteiger partial charge in [0.25, 0.3) is 11.8 Å². The van der Waals surface area contributed by atoms with E-state index >= 15 is 0 Å². The minimum atomic E-state index is -0.594. The van der Waals surface area contributed by atoms with Crippen molar-refractivity contribution in [2.75, 3.05) is 6.54 Å². The molecule has 3 rings (SSSR count). The minimum absolute atomic E-state index is 0.189. The van der Waals surface area contributed by atoms with E-state index in [-0.39, 0.29) is 5.91 Å². The van der Waals surface area contributed by atoms with E-state index in [4.69, 9.17) is 16.8 Å². The number of benzene rings is 3. The number of hydroxylamine groups is 1. The maximum Gasteiger partial charge on any atom is 0.274 e. The molecular weight excluding hydrogens is 352 g/mol. The van der Waals surface area contributed by atoms with Gasteiger partial charge < -0.3 is 5.32 Å². The lowest BCUT2D eigenvalue weighted by Gasteiger charge is -2.08. The van der Waals surface area contributed by atoms with Crippen LogP contribution in [0.5, 0.6) is 0 Å². The Morgan fingerprint density at radius 2 is 1.58 bits per heavy atom. The van der Waals surface area contributed by atoms with Gasteiger partial charge in [0.15, 0.2) is 0 Å². The zero-order chi connectivity index (χ0) is 18.5. The van der Waals surface area contributed by atoms with Gasteiger partial charge in [-0.05, 0) is 59.2 Å². The van der Waals surface area contributed by atoms with Crippen molar-refractivity contribution in [3.8, 4) is 0 Å². The van der Waals surface area contributed by atoms with E-state index in [2.05, 4.69) is 5.32 Å². The van der Waals surface area contributed by atoms with Crippen molar-refractivity contribution in [1.29, 1.82) is 0 Å². The fraction of sp³-hybridized carbons (Fsp3) is 0.100. The number of halogens is 1. The van der Waals surface area contributed by atoms with Gasteiger partial charge in [-0.15, -0.1) is 0 Å². The quantitative estimate of drug-likeness (QED) is 0.475. The van der Waals surface area contributed by atoms with Crippen molar-refractivity contribution >= 4 is 34.2 Å². The molecule has 0 atom stereocenters. The number of hydrogen-bond donors (Lipinski definition) is 3. The Labute approximate surface area is 155 Å². The van der Waals surface area contributed by atoms with Gasteiger partial charge in [-0.3, -0.25) is 14.8 Å². The molecule has 0 aromatic heterocycles. The first-order valence-corrected chi connectivity index (χ1v) is 8.45. The molecule has 5 nitrogen and oxygen atoms in total. The first kappa shape index (κ1) is 17.9. The van der Waals surface area contributed by atoms with Crippen LogP contribution in [0.3, 0.4) is 0 Å². The van der Waals surface area contributed by atoms with Gasteiger partial charge in [0.05, 0.1) is 0 Å². The minimum Gasteiger partial charge on any atom is -0.352 e. The molecule has 0 saturated heterocycles. The summed E-state index contributed by atoms with van der Waals surface area (Å²) in [4.78, 5) is 23.9. The van der Waals surface area contributed by atoms with Crippen LogP contribution in [0.25, 0.3) is 10.8 Å². The summed E-state index contributed by atoms with van der Waals surface area (Å²) in [5, 5.41) is 13.9. The Kier molecular flexibility index (Phi) is 5.51. The number of amides is 2. The van der Waals surface area contributed by atoms with Crippen LogP contribution in [-0.4, -0.2) is 23.6 Å². The summed E-state index contributed by atoms with van der Waals surface area (Å²) in [7, 11) is 0. The summed E-state index contributed by atoms with van der Waals surface area (Å²) in [5.74, 6) is -0.783. The van der Waals surface area contributed by atoms with Crippen LogP contribution in [0, 0.1) is 0 Å². The smallest absolute Gasteiger partial charge is 0.274 e. The van der Waals surface area contributed by atoms with Crippen LogP contribution in [0.2, 0.25) is 5.02 Å². The largest absolute Gasteiger partial charge is 0.352 e. The lowest BCUT2D eigenvalue weighted by Crippen LogP contribution is -2.25. The van der Waals surface area contributed by atoms with Crippen molar-refractivity contribution in [3.63, 3.8) is 0 Å². The molecule has 0 unspecified atom stereocenters. The van der Waals surface area contributed by atoms with E-state index in [1.54, 1.807) is 35.8 Å². The third-order valence-corrected chi connectivity index (χ3v) is 4.29. The molecular formula is C20H17ClN2O3. The summed E-state index contributed by atoms with van der Waals surface area (Å²) < 4.78 is 0. The molecule has 0 bridgehead atoms. The molecule has 0 aliphatic carbocycles. The molecule has 132 valence electrons. The van der Waals surface area contributed by atoms with Gasteiger partial charge in [0.2, 0.25) is 0 Å². The summed E-state index contributed by atoms with van der Waals surface area (Å²) in [6.45, 7) is 0.490. The molecule has 0 spiro atoms. The van der Waals surface area contributed by atoms with E-state index in [9.17, 15) is 9.59 Å². The molecule has 0 aliphatic heterocycles. The maximum absolute atomic E-state index is 12.4. The summed E-state index contributed by atoms with van der Waals surface area (Å²) in [6, 6.07) is 17.8. The van der Waals surface area contributed by atoms with E-state index in [0.717, 1.165) is 16.3 Å². The van der Waals surface area contributed by atoms with E-state index in [1.807, 2.05) is 30.3 Å². The third-order valence-electron chi connectivity index (χ3n) is 4.05. The predicted octanol–water partition coefficient (Wildman–Crippen LogP) is 3.58. The number of carbonyl (C=O) groups excluding carboxylic acids is 2. The first-order chi connectivity index (χ1) is 12.6. The fourth-order valence-corrected chi connectivity index (χ4v) is 2.92. The van der Waals surface area contributed by atoms with Crippen LogP contribution >= 0.6 is 11.6 Å². The lowest BCUT2D eigenvalue weighted by atomic mass is 10.0. The van der Waals surface area contributed by atoms with E-state index in [0.29, 0.717) is 29.1 Å². The van der Waals surface area contributed by atoms with Crippen molar-refractivity contribution in [2.45, 2.75) is 6.42 Å². The topological polar surface area (TPSA) is 78.4 Å². The maximum atomic E-state index is 12.4. The fourth-order valence-electron chi connectivity index (χ4n) is 2.71. The molecule has 2 amide bonds. The normalized spacial score (nSPS) is 10.5. The number of carbonyl (C=O) groups is 2. The SMILES string of the molecule is O=C(NO)c1ccc2ccc(C(=O)NCCc3cccc(Cl)c3)cc2c1. The van der Waals surface area contributed by atoms with Gasteiger partial charge >= 0.3 is 0 Å². The van der Waals surface area contributed by atoms with Gasteiger partial charge in [-0.2, -0.15) is 0 Å². The summed E-state index contributed by atoms with van der Waals surface area (Å²) in [6.07, 6.45) is 0.681. The summed E-state index contributed by atoms with van der Waals surface area (Å²) >= 11 is 5.95. The predicted molar refractivity (Wildman–Crippen MR) is 101 cm³/mol. The average molecular weight is 369 g/mol. The lowest BCUT2D eigenvalue weighted by molar-refractivity contribution is 0.0706. The van der Waals surface area contributed by atoms with Crippen molar-refractivity contribution in [3.05, 3.63) is 82.4 Å². The van der Waals surface area contributed by atoms with E-state index < -0.39 is 5.91 Å². The average Bonchev–Trinajstić information content (AvgIpc) is 2.66. The van der Waals surface area contributed by atoms with Gasteiger partial charge in [0, 0.05) is 22.7 Å². The Balaban J connectivity index is 1.70. The second kappa shape index (κ2) is 7.99. The highest BCUT2D eigenvalue weighted by atomic mass is 35.5. The van der Waals surface area contributed by atoms with Crippen LogP contribution in [0.15, 0.2) is 60.7 Å². The second-order valence-electron chi connectivity index (χ2n) is 5.85. The molecule has 3 N–H and O–H groups in total. The number of rotatable bonds is 5. The zero-order valence-corrected chi connectivity index (χ0v) is 14.6. The Morgan fingerprint density at radius 1 is 0.885 bits per heavy atom. The Morgan fingerprint density at radius 3 is 2.23 bits per heavy atom. The van der Waals surface area contributed by atoms with Crippen LogP contribution < -0.4 is 10.8 Å². The monoisotopic (exact) mass is 368 g/mol. The van der Waals surface area contributed by atoms with Crippen molar-refractivity contribution in [2.24, 2.45) is 0 Å². The third kappa shape index (κ3) is 4.20. The Hall–Kier alpha value is -2.89. The van der Waals surface area contributed by atoms with Crippen LogP contribution in [-0.2, 0) is 6.42 Å². The molecule has 3 aromatic rings. The highest BCUT2D eigenvalue weighted by Crippen LogP contribution is 2.18. The number of hydrogen-bond acceptors (Lipinski definition) is 3. The highest BCUT2D eigenvalue weighted by molar-refractivity contribution is 6.30. The standard InChI is InChI=1S/C20H17ClN2O3/c21-18-3-1-2-13(10-18)8-9-22-19(24)15-6-4-14-5-7-16(20(25)23-26)12-17(14)11-15/h1-7,10-12,26H,8-9H2,(H,22,24)(H,23,25). The molecule has 0 heterocycles. The molecule has 3 aromatic carbocycles. The molecule has 0 aliphatic rings. The number of fused-ring (bicyclic) bond motifs is 1. The molecule has 0 fully saturated rings. The molecule has 6 heteroatoms. The highest BCUT2D eigenvalue weighted by Gasteiger charge is 2.09. The molecule has 0 radical (unpaired) electrons. The van der Waals surface area contributed by atoms with Crippen LogP contribution in [0.4, 0.5) is 0 Å². The van der Waals surface area contributed by atoms with Gasteiger partial charge in [0.1, 0.15) is 0 Å². The molecule has 0 saturated carbocycles. The second-order valence-corrected chi connectivity index (χ2v) is 6.29. The van der Waals surface area contributed by atoms with Crippen LogP contribution in [0.1, 0.15) is 26.3 Å². The van der Waals surface area contributed by atoms with Gasteiger partial charge in [-0.25, -0.2) is 5.48 Å². The zero-order valence-electron chi connectivity index (χ0n) is 13.8. The van der Waals surface area contributed by atoms with Crippen molar-refractivity contribution < 1.29 is 14.8 Å². The van der Waals surface area contributed by atoms with Crippen molar-refractivity contribution in [1.82, 2.24) is 10.8 Å². The molecule has 26 heavy (non-hydrogen) atoms. The van der Waals surface area contributed by atoms with Gasteiger partial charge in [-0.1, -0.05) is 35.9 Å². The van der Waals surface area contributed by atoms with E-state index in [1.165, 1.54) is 0 Å². The number of nitrogens with one attached hydrogen (secondary N) is 2. The first-order valence-electron chi connectivity index (χ1n) is 8.08. The summed E-state index contributed by atoms with van der Waals surface area (Å²) in [5.41, 5.74) is 3.48. The Bertz CT molecular complexity index is 972.